The van der Waals surface area contributed by atoms with Crippen molar-refractivity contribution in [3.05, 3.63) is 30.3 Å². The molecule has 2 nitrogen and oxygen atoms in total. The highest BCUT2D eigenvalue weighted by Gasteiger charge is 1.83. The lowest BCUT2D eigenvalue weighted by Gasteiger charge is -1.98. The summed E-state index contributed by atoms with van der Waals surface area (Å²) in [5.74, 6) is 0.819. The Morgan fingerprint density at radius 2 is 1.47 bits per heavy atom. The van der Waals surface area contributed by atoms with Gasteiger partial charge in [0.2, 0.25) is 0 Å². The summed E-state index contributed by atoms with van der Waals surface area (Å²) in [6, 6.07) is 9.49. The fraction of sp³-hybridized carbons (Fsp3) is 0.538. The van der Waals surface area contributed by atoms with Gasteiger partial charge in [-0.1, -0.05) is 58.7 Å². The predicted octanol–water partition coefficient (Wildman–Crippen LogP) is 3.81. The first-order valence-electron chi connectivity index (χ1n) is 5.73. The molecule has 0 aliphatic carbocycles. The maximum atomic E-state index is 5.14. The number of unbranched alkanes of at least 4 members (excludes halogenated alkanes) is 1. The van der Waals surface area contributed by atoms with Gasteiger partial charge in [-0.15, -0.1) is 0 Å². The lowest BCUT2D eigenvalue weighted by molar-refractivity contribution is 0.329. The Bertz CT molecular complexity index is 185. The van der Waals surface area contributed by atoms with Crippen molar-refractivity contribution in [2.24, 2.45) is 5.73 Å². The third-order valence-corrected chi connectivity index (χ3v) is 1.49. The Kier molecular flexibility index (Phi) is 16.9. The van der Waals surface area contributed by atoms with E-state index in [1.54, 1.807) is 0 Å². The highest BCUT2D eigenvalue weighted by Crippen LogP contribution is 2.06. The van der Waals surface area contributed by atoms with Crippen molar-refractivity contribution in [1.29, 1.82) is 0 Å². The molecule has 0 unspecified atom stereocenters. The molecule has 0 heterocycles. The second kappa shape index (κ2) is 15.5. The van der Waals surface area contributed by atoms with Crippen LogP contribution in [0.15, 0.2) is 30.3 Å². The van der Waals surface area contributed by atoms with Crippen LogP contribution in [0.1, 0.15) is 40.5 Å². The second-order valence-electron chi connectivity index (χ2n) is 2.62. The number of hydrogen-bond donors (Lipinski definition) is 1. The number of benzene rings is 1. The molecule has 1 aromatic rings. The molecule has 1 aromatic carbocycles. The number of para-hydroxylation sites is 1. The van der Waals surface area contributed by atoms with Crippen molar-refractivity contribution in [2.75, 3.05) is 6.73 Å². The van der Waals surface area contributed by atoms with Crippen LogP contribution >= 0.6 is 0 Å². The molecule has 2 N–H and O–H groups in total. The maximum absolute atomic E-state index is 5.14. The molecule has 0 saturated carbocycles. The van der Waals surface area contributed by atoms with E-state index >= 15 is 0 Å². The summed E-state index contributed by atoms with van der Waals surface area (Å²) in [7, 11) is 0. The van der Waals surface area contributed by atoms with Crippen LogP contribution in [0.4, 0.5) is 0 Å². The fourth-order valence-electron chi connectivity index (χ4n) is 0.613. The van der Waals surface area contributed by atoms with Crippen molar-refractivity contribution in [3.8, 4) is 5.75 Å². The minimum absolute atomic E-state index is 0.240. The number of rotatable bonds is 3. The maximum Gasteiger partial charge on any atom is 0.137 e. The molecule has 0 saturated heterocycles. The fourth-order valence-corrected chi connectivity index (χ4v) is 0.613. The lowest BCUT2D eigenvalue weighted by Crippen LogP contribution is -2.06. The minimum atomic E-state index is 0.240. The van der Waals surface area contributed by atoms with Gasteiger partial charge >= 0.3 is 0 Å². The molecule has 0 aliphatic heterocycles. The van der Waals surface area contributed by atoms with Crippen LogP contribution in [-0.2, 0) is 0 Å². The lowest BCUT2D eigenvalue weighted by atomic mass is 10.3. The Morgan fingerprint density at radius 3 is 1.80 bits per heavy atom. The predicted molar refractivity (Wildman–Crippen MR) is 68.1 cm³/mol. The number of ether oxygens (including phenoxy) is 1. The highest BCUT2D eigenvalue weighted by molar-refractivity contribution is 5.20. The summed E-state index contributed by atoms with van der Waals surface area (Å²) >= 11 is 0. The summed E-state index contributed by atoms with van der Waals surface area (Å²) < 4.78 is 4.98. The molecule has 15 heavy (non-hydrogen) atoms. The van der Waals surface area contributed by atoms with E-state index in [0.29, 0.717) is 0 Å². The van der Waals surface area contributed by atoms with Gasteiger partial charge < -0.3 is 4.74 Å². The molecule has 1 rings (SSSR count). The quantitative estimate of drug-likeness (QED) is 0.771. The topological polar surface area (TPSA) is 35.2 Å². The summed E-state index contributed by atoms with van der Waals surface area (Å²) in [4.78, 5) is 0. The molecule has 0 aromatic heterocycles. The van der Waals surface area contributed by atoms with E-state index in [9.17, 15) is 0 Å². The summed E-state index contributed by atoms with van der Waals surface area (Å²) in [5.41, 5.74) is 5.14. The molecule has 0 fully saturated rings. The van der Waals surface area contributed by atoms with Gasteiger partial charge in [0.1, 0.15) is 12.5 Å². The summed E-state index contributed by atoms with van der Waals surface area (Å²) in [6.07, 6.45) is 2.64. The summed E-state index contributed by atoms with van der Waals surface area (Å²) in [6.45, 7) is 8.60. The molecule has 2 heteroatoms. The van der Waals surface area contributed by atoms with E-state index in [4.69, 9.17) is 10.5 Å². The molecule has 0 bridgehead atoms. The van der Waals surface area contributed by atoms with Crippen LogP contribution < -0.4 is 10.5 Å². The van der Waals surface area contributed by atoms with E-state index in [1.807, 2.05) is 44.2 Å². The standard InChI is InChI=1S/C7H9NO.C4H10.C2H6/c8-6-9-7-4-2-1-3-5-7;1-3-4-2;1-2/h1-5H,6,8H2;3-4H2,1-2H3;1-2H3. The average molecular weight is 211 g/mol. The van der Waals surface area contributed by atoms with Gasteiger partial charge in [-0.25, -0.2) is 0 Å². The van der Waals surface area contributed by atoms with Crippen molar-refractivity contribution in [3.63, 3.8) is 0 Å². The van der Waals surface area contributed by atoms with Crippen LogP contribution in [0.2, 0.25) is 0 Å². The van der Waals surface area contributed by atoms with Crippen molar-refractivity contribution in [2.45, 2.75) is 40.5 Å². The SMILES string of the molecule is CC.CCCC.NCOc1ccccc1. The zero-order chi connectivity index (χ0) is 11.9. The van der Waals surface area contributed by atoms with Crippen LogP contribution in [-0.4, -0.2) is 6.73 Å². The zero-order valence-corrected chi connectivity index (χ0v) is 10.5. The van der Waals surface area contributed by atoms with Gasteiger partial charge in [0.25, 0.3) is 0 Å². The zero-order valence-electron chi connectivity index (χ0n) is 10.5. The van der Waals surface area contributed by atoms with Gasteiger partial charge in [0.15, 0.2) is 0 Å². The smallest absolute Gasteiger partial charge is 0.137 e. The monoisotopic (exact) mass is 211 g/mol. The number of hydrogen-bond acceptors (Lipinski definition) is 2. The van der Waals surface area contributed by atoms with Gasteiger partial charge in [-0.3, -0.25) is 5.73 Å². The minimum Gasteiger partial charge on any atom is -0.479 e. The first-order chi connectivity index (χ1) is 7.35. The average Bonchev–Trinajstić information content (AvgIpc) is 2.34. The van der Waals surface area contributed by atoms with Gasteiger partial charge in [-0.05, 0) is 12.1 Å². The van der Waals surface area contributed by atoms with Crippen molar-refractivity contribution < 1.29 is 4.74 Å². The molecule has 0 spiro atoms. The Balaban J connectivity index is 0. The molecule has 0 amide bonds. The molecule has 0 radical (unpaired) electrons. The Morgan fingerprint density at radius 1 is 1.00 bits per heavy atom. The van der Waals surface area contributed by atoms with Crippen molar-refractivity contribution >= 4 is 0 Å². The van der Waals surface area contributed by atoms with E-state index in [2.05, 4.69) is 13.8 Å². The molecular weight excluding hydrogens is 186 g/mol. The van der Waals surface area contributed by atoms with E-state index in [-0.39, 0.29) is 6.73 Å². The van der Waals surface area contributed by atoms with Crippen LogP contribution in [0.25, 0.3) is 0 Å². The third-order valence-electron chi connectivity index (χ3n) is 1.49. The first kappa shape index (κ1) is 16.4. The molecule has 0 aliphatic rings. The third kappa shape index (κ3) is 13.0. The van der Waals surface area contributed by atoms with Gasteiger partial charge in [0.05, 0.1) is 0 Å². The molecule has 88 valence electrons. The van der Waals surface area contributed by atoms with Gasteiger partial charge in [0, 0.05) is 0 Å². The molecular formula is C13H25NO. The van der Waals surface area contributed by atoms with Crippen molar-refractivity contribution in [1.82, 2.24) is 0 Å². The Hall–Kier alpha value is -1.02. The van der Waals surface area contributed by atoms with Crippen LogP contribution in [0, 0.1) is 0 Å². The summed E-state index contributed by atoms with van der Waals surface area (Å²) in [5, 5.41) is 0. The van der Waals surface area contributed by atoms with Crippen LogP contribution in [0.5, 0.6) is 5.75 Å². The highest BCUT2D eigenvalue weighted by atomic mass is 16.5. The van der Waals surface area contributed by atoms with Gasteiger partial charge in [-0.2, -0.15) is 0 Å². The second-order valence-corrected chi connectivity index (χ2v) is 2.62. The van der Waals surface area contributed by atoms with E-state index in [0.717, 1.165) is 5.75 Å². The van der Waals surface area contributed by atoms with E-state index < -0.39 is 0 Å². The first-order valence-corrected chi connectivity index (χ1v) is 5.73. The number of nitrogens with two attached hydrogens (primary N) is 1. The molecule has 0 atom stereocenters. The largest absolute Gasteiger partial charge is 0.479 e. The van der Waals surface area contributed by atoms with E-state index in [1.165, 1.54) is 12.8 Å². The normalized spacial score (nSPS) is 7.80. The van der Waals surface area contributed by atoms with Crippen LogP contribution in [0.3, 0.4) is 0 Å². The Labute approximate surface area is 94.5 Å².